The molecule has 4 aromatic rings. The van der Waals surface area contributed by atoms with Gasteiger partial charge in [-0.2, -0.15) is 0 Å². The van der Waals surface area contributed by atoms with E-state index >= 15 is 0 Å². The van der Waals surface area contributed by atoms with Gasteiger partial charge in [0.2, 0.25) is 0 Å². The van der Waals surface area contributed by atoms with Gasteiger partial charge in [0.15, 0.2) is 0 Å². The van der Waals surface area contributed by atoms with Gasteiger partial charge in [0.25, 0.3) is 0 Å². The van der Waals surface area contributed by atoms with Crippen LogP contribution in [0.25, 0.3) is 10.9 Å². The third-order valence-electron chi connectivity index (χ3n) is 6.36. The highest BCUT2D eigenvalue weighted by molar-refractivity contribution is 5.78. The molecule has 1 saturated carbocycles. The van der Waals surface area contributed by atoms with Crippen LogP contribution in [0.5, 0.6) is 11.5 Å². The van der Waals surface area contributed by atoms with Crippen molar-refractivity contribution in [2.24, 2.45) is 0 Å². The van der Waals surface area contributed by atoms with Gasteiger partial charge in [0, 0.05) is 16.4 Å². The van der Waals surface area contributed by atoms with Crippen molar-refractivity contribution in [3.8, 4) is 11.5 Å². The summed E-state index contributed by atoms with van der Waals surface area (Å²) in [5.41, 5.74) is 3.49. The van der Waals surface area contributed by atoms with Crippen LogP contribution in [0.4, 0.5) is 4.39 Å². The number of phenolic OH excluding ortho intramolecular Hbond substituents is 1. The highest BCUT2D eigenvalue weighted by Gasteiger charge is 2.39. The average Bonchev–Trinajstić information content (AvgIpc) is 3.30. The minimum absolute atomic E-state index is 0.185. The maximum Gasteiger partial charge on any atom is 0.130 e. The average molecular weight is 413 g/mol. The predicted molar refractivity (Wildman–Crippen MR) is 120 cm³/mol. The lowest BCUT2D eigenvalue weighted by Gasteiger charge is -2.31. The Balaban J connectivity index is 1.43. The number of nitrogens with zero attached hydrogens (tertiary/aromatic N) is 1. The van der Waals surface area contributed by atoms with Crippen LogP contribution in [0, 0.1) is 5.82 Å². The zero-order valence-electron chi connectivity index (χ0n) is 17.2. The van der Waals surface area contributed by atoms with Crippen molar-refractivity contribution in [1.29, 1.82) is 0 Å². The Labute approximate surface area is 181 Å². The normalized spacial score (nSPS) is 15.3. The summed E-state index contributed by atoms with van der Waals surface area (Å²) < 4.78 is 19.4. The molecule has 0 bridgehead atoms. The van der Waals surface area contributed by atoms with Crippen molar-refractivity contribution < 1.29 is 14.2 Å². The molecule has 1 N–H and O–H groups in total. The number of hydrogen-bond acceptors (Lipinski definition) is 3. The van der Waals surface area contributed by atoms with Gasteiger partial charge in [-0.05, 0) is 60.9 Å². The summed E-state index contributed by atoms with van der Waals surface area (Å²) in [6.07, 6.45) is 4.30. The largest absolute Gasteiger partial charge is 0.508 e. The van der Waals surface area contributed by atoms with Gasteiger partial charge in [-0.15, -0.1) is 0 Å². The van der Waals surface area contributed by atoms with Gasteiger partial charge in [-0.1, -0.05) is 49.2 Å². The fraction of sp³-hybridized carbons (Fsp3) is 0.222. The molecule has 156 valence electrons. The lowest BCUT2D eigenvalue weighted by atomic mass is 9.72. The lowest BCUT2D eigenvalue weighted by Crippen LogP contribution is -2.23. The van der Waals surface area contributed by atoms with Crippen LogP contribution in [0.1, 0.15) is 42.5 Å². The molecule has 3 nitrogen and oxygen atoms in total. The number of aromatic hydroxyl groups is 1. The quantitative estimate of drug-likeness (QED) is 0.405. The van der Waals surface area contributed by atoms with E-state index in [9.17, 15) is 9.50 Å². The molecule has 1 aromatic heterocycles. The number of pyridine rings is 1. The zero-order chi connectivity index (χ0) is 21.3. The first-order chi connectivity index (χ1) is 15.1. The third kappa shape index (κ3) is 3.74. The topological polar surface area (TPSA) is 42.4 Å². The molecule has 0 atom stereocenters. The number of aromatic nitrogens is 1. The van der Waals surface area contributed by atoms with Gasteiger partial charge in [-0.25, -0.2) is 9.37 Å². The molecule has 0 spiro atoms. The first-order valence-corrected chi connectivity index (χ1v) is 10.7. The number of hydrogen-bond donors (Lipinski definition) is 1. The van der Waals surface area contributed by atoms with E-state index in [4.69, 9.17) is 4.74 Å². The van der Waals surface area contributed by atoms with E-state index in [1.54, 1.807) is 18.2 Å². The van der Waals surface area contributed by atoms with Crippen LogP contribution in [0.2, 0.25) is 0 Å². The van der Waals surface area contributed by atoms with Crippen LogP contribution >= 0.6 is 0 Å². The smallest absolute Gasteiger partial charge is 0.130 e. The van der Waals surface area contributed by atoms with Crippen LogP contribution < -0.4 is 4.74 Å². The number of rotatable bonds is 5. The SMILES string of the molecule is Oc1ccc(OCc2ccc3cc(F)ccc3n2)cc1C1(c2ccccc2)CCCC1. The van der Waals surface area contributed by atoms with E-state index in [1.165, 1.54) is 17.7 Å². The van der Waals surface area contributed by atoms with Gasteiger partial charge >= 0.3 is 0 Å². The fourth-order valence-electron chi connectivity index (χ4n) is 4.81. The summed E-state index contributed by atoms with van der Waals surface area (Å²) in [6.45, 7) is 0.301. The Kier molecular flexibility index (Phi) is 5.06. The van der Waals surface area contributed by atoms with E-state index in [2.05, 4.69) is 29.2 Å². The van der Waals surface area contributed by atoms with E-state index in [1.807, 2.05) is 24.3 Å². The zero-order valence-corrected chi connectivity index (χ0v) is 17.2. The summed E-state index contributed by atoms with van der Waals surface area (Å²) in [5.74, 6) is 0.745. The van der Waals surface area contributed by atoms with E-state index < -0.39 is 0 Å². The monoisotopic (exact) mass is 413 g/mol. The lowest BCUT2D eigenvalue weighted by molar-refractivity contribution is 0.300. The molecule has 1 aliphatic carbocycles. The van der Waals surface area contributed by atoms with Crippen LogP contribution in [-0.2, 0) is 12.0 Å². The molecule has 1 aliphatic rings. The van der Waals surface area contributed by atoms with E-state index in [0.717, 1.165) is 47.8 Å². The van der Waals surface area contributed by atoms with Crippen molar-refractivity contribution in [2.45, 2.75) is 37.7 Å². The summed E-state index contributed by atoms with van der Waals surface area (Å²) in [7, 11) is 0. The Morgan fingerprint density at radius 3 is 2.52 bits per heavy atom. The molecule has 3 aromatic carbocycles. The number of phenols is 1. The summed E-state index contributed by atoms with van der Waals surface area (Å²) in [5, 5.41) is 11.5. The minimum atomic E-state index is -0.269. The molecule has 0 saturated heterocycles. The first kappa shape index (κ1) is 19.6. The summed E-state index contributed by atoms with van der Waals surface area (Å²) in [4.78, 5) is 4.57. The number of halogens is 1. The Morgan fingerprint density at radius 2 is 1.71 bits per heavy atom. The molecular weight excluding hydrogens is 389 g/mol. The first-order valence-electron chi connectivity index (χ1n) is 10.7. The van der Waals surface area contributed by atoms with E-state index in [-0.39, 0.29) is 11.2 Å². The van der Waals surface area contributed by atoms with Crippen LogP contribution in [0.3, 0.4) is 0 Å². The molecular formula is C27H24FNO2. The second-order valence-corrected chi connectivity index (χ2v) is 8.26. The Bertz CT molecular complexity index is 1220. The van der Waals surface area contributed by atoms with Crippen molar-refractivity contribution in [3.63, 3.8) is 0 Å². The highest BCUT2D eigenvalue weighted by Crippen LogP contribution is 2.49. The standard InChI is InChI=1S/C27H24FNO2/c28-21-9-12-25-19(16-21)8-10-22(29-25)18-31-23-11-13-26(30)24(17-23)27(14-4-5-15-27)20-6-2-1-3-7-20/h1-3,6-13,16-17,30H,4-5,14-15,18H2. The second-order valence-electron chi connectivity index (χ2n) is 8.26. The van der Waals surface area contributed by atoms with Crippen molar-refractivity contribution >= 4 is 10.9 Å². The van der Waals surface area contributed by atoms with Crippen molar-refractivity contribution in [3.05, 3.63) is 102 Å². The van der Waals surface area contributed by atoms with Crippen LogP contribution in [-0.4, -0.2) is 10.1 Å². The van der Waals surface area contributed by atoms with Gasteiger partial charge < -0.3 is 9.84 Å². The third-order valence-corrected chi connectivity index (χ3v) is 6.36. The van der Waals surface area contributed by atoms with E-state index in [0.29, 0.717) is 18.1 Å². The molecule has 31 heavy (non-hydrogen) atoms. The van der Waals surface area contributed by atoms with Gasteiger partial charge in [0.1, 0.15) is 23.9 Å². The molecule has 5 rings (SSSR count). The molecule has 0 amide bonds. The highest BCUT2D eigenvalue weighted by atomic mass is 19.1. The van der Waals surface area contributed by atoms with Gasteiger partial charge in [-0.3, -0.25) is 0 Å². The number of ether oxygens (including phenoxy) is 1. The molecule has 0 radical (unpaired) electrons. The Hall–Kier alpha value is -3.40. The molecule has 0 aliphatic heterocycles. The second kappa shape index (κ2) is 8.03. The maximum atomic E-state index is 13.4. The number of benzene rings is 3. The van der Waals surface area contributed by atoms with Crippen molar-refractivity contribution in [2.75, 3.05) is 0 Å². The molecule has 1 heterocycles. The Morgan fingerprint density at radius 1 is 0.903 bits per heavy atom. The summed E-state index contributed by atoms with van der Waals surface area (Å²) >= 11 is 0. The molecule has 1 fully saturated rings. The summed E-state index contributed by atoms with van der Waals surface area (Å²) in [6, 6.07) is 24.2. The van der Waals surface area contributed by atoms with Crippen molar-refractivity contribution in [1.82, 2.24) is 4.98 Å². The predicted octanol–water partition coefficient (Wildman–Crippen LogP) is 6.52. The van der Waals surface area contributed by atoms with Crippen LogP contribution in [0.15, 0.2) is 78.9 Å². The molecule has 4 heteroatoms. The minimum Gasteiger partial charge on any atom is -0.508 e. The maximum absolute atomic E-state index is 13.4. The number of fused-ring (bicyclic) bond motifs is 1. The van der Waals surface area contributed by atoms with Gasteiger partial charge in [0.05, 0.1) is 11.2 Å². The fourth-order valence-corrected chi connectivity index (χ4v) is 4.81. The molecule has 0 unspecified atom stereocenters.